The molecule has 8 heteroatoms. The number of fused-ring (bicyclic) bond motifs is 2. The van der Waals surface area contributed by atoms with Crippen LogP contribution in [-0.4, -0.2) is 45.1 Å². The molecule has 1 aromatic carbocycles. The van der Waals surface area contributed by atoms with Gasteiger partial charge in [0.25, 0.3) is 0 Å². The number of aromatic nitrogens is 3. The van der Waals surface area contributed by atoms with Gasteiger partial charge in [-0.1, -0.05) is 12.1 Å². The molecular weight excluding hydrogens is 372 g/mol. The molecule has 0 aliphatic carbocycles. The van der Waals surface area contributed by atoms with E-state index in [0.717, 1.165) is 54.4 Å². The van der Waals surface area contributed by atoms with E-state index in [1.165, 1.54) is 0 Å². The van der Waals surface area contributed by atoms with Crippen molar-refractivity contribution >= 4 is 16.9 Å². The van der Waals surface area contributed by atoms with E-state index in [2.05, 4.69) is 4.98 Å². The van der Waals surface area contributed by atoms with Crippen LogP contribution in [0.4, 0.5) is 0 Å². The van der Waals surface area contributed by atoms with E-state index in [-0.39, 0.29) is 18.0 Å². The molecule has 1 N–H and O–H groups in total. The van der Waals surface area contributed by atoms with Crippen LogP contribution in [0.3, 0.4) is 0 Å². The first kappa shape index (κ1) is 18.2. The fourth-order valence-corrected chi connectivity index (χ4v) is 4.24. The third-order valence-electron chi connectivity index (χ3n) is 5.90. The number of hydrogen-bond donors (Lipinski definition) is 1. The highest BCUT2D eigenvalue weighted by molar-refractivity contribution is 5.77. The summed E-state index contributed by atoms with van der Waals surface area (Å²) < 4.78 is 13.0. The van der Waals surface area contributed by atoms with Crippen LogP contribution >= 0.6 is 0 Å². The van der Waals surface area contributed by atoms with Gasteiger partial charge in [-0.15, -0.1) is 0 Å². The summed E-state index contributed by atoms with van der Waals surface area (Å²) >= 11 is 0. The van der Waals surface area contributed by atoms with E-state index in [9.17, 15) is 9.59 Å². The Kier molecular flexibility index (Phi) is 4.71. The third-order valence-corrected chi connectivity index (χ3v) is 5.90. The Hall–Kier alpha value is -2.87. The number of rotatable bonds is 4. The molecule has 0 atom stereocenters. The van der Waals surface area contributed by atoms with Gasteiger partial charge < -0.3 is 19.0 Å². The molecule has 1 fully saturated rings. The van der Waals surface area contributed by atoms with E-state index < -0.39 is 0 Å². The van der Waals surface area contributed by atoms with Crippen molar-refractivity contribution in [1.82, 2.24) is 19.4 Å². The lowest BCUT2D eigenvalue weighted by molar-refractivity contribution is -0.132. The zero-order chi connectivity index (χ0) is 19.8. The highest BCUT2D eigenvalue weighted by atomic mass is 16.5. The topological polar surface area (TPSA) is 93.4 Å². The summed E-state index contributed by atoms with van der Waals surface area (Å²) in [6.45, 7) is 2.95. The lowest BCUT2D eigenvalue weighted by Gasteiger charge is -2.25. The molecule has 0 bridgehead atoms. The molecule has 0 saturated carbocycles. The second kappa shape index (κ2) is 7.51. The van der Waals surface area contributed by atoms with Crippen molar-refractivity contribution in [2.75, 3.05) is 19.8 Å². The Morgan fingerprint density at radius 3 is 2.93 bits per heavy atom. The summed E-state index contributed by atoms with van der Waals surface area (Å²) in [4.78, 5) is 34.3. The second-order valence-electron chi connectivity index (χ2n) is 7.72. The van der Waals surface area contributed by atoms with Gasteiger partial charge in [0, 0.05) is 45.1 Å². The van der Waals surface area contributed by atoms with Gasteiger partial charge in [-0.2, -0.15) is 0 Å². The van der Waals surface area contributed by atoms with Crippen molar-refractivity contribution in [3.05, 3.63) is 52.1 Å². The smallest absolute Gasteiger partial charge is 0.326 e. The summed E-state index contributed by atoms with van der Waals surface area (Å²) in [5, 5.41) is 0. The van der Waals surface area contributed by atoms with Crippen LogP contribution in [-0.2, 0) is 29.0 Å². The van der Waals surface area contributed by atoms with Crippen LogP contribution < -0.4 is 5.69 Å². The van der Waals surface area contributed by atoms with Gasteiger partial charge in [-0.25, -0.2) is 9.78 Å². The molecule has 5 rings (SSSR count). The molecule has 2 aliphatic heterocycles. The van der Waals surface area contributed by atoms with Crippen LogP contribution in [0, 0.1) is 0 Å². The highest BCUT2D eigenvalue weighted by Gasteiger charge is 2.28. The second-order valence-corrected chi connectivity index (χ2v) is 7.72. The fourth-order valence-electron chi connectivity index (χ4n) is 4.24. The fraction of sp³-hybridized carbons (Fsp3) is 0.476. The molecule has 0 spiro atoms. The zero-order valence-corrected chi connectivity index (χ0v) is 16.2. The normalized spacial score (nSPS) is 17.6. The Morgan fingerprint density at radius 2 is 2.07 bits per heavy atom. The van der Waals surface area contributed by atoms with Crippen LogP contribution in [0.5, 0.6) is 0 Å². The van der Waals surface area contributed by atoms with Crippen LogP contribution in [0.25, 0.3) is 11.0 Å². The van der Waals surface area contributed by atoms with E-state index in [4.69, 9.17) is 14.1 Å². The van der Waals surface area contributed by atoms with E-state index in [0.29, 0.717) is 32.0 Å². The van der Waals surface area contributed by atoms with E-state index in [1.54, 1.807) is 4.57 Å². The Bertz CT molecular complexity index is 1090. The maximum absolute atomic E-state index is 12.8. The first-order chi connectivity index (χ1) is 14.2. The number of aromatic amines is 1. The lowest BCUT2D eigenvalue weighted by atomic mass is 10.0. The Morgan fingerprint density at radius 1 is 1.24 bits per heavy atom. The molecule has 2 aliphatic rings. The number of ether oxygens (including phenoxy) is 1. The summed E-state index contributed by atoms with van der Waals surface area (Å²) in [6, 6.07) is 7.52. The van der Waals surface area contributed by atoms with Crippen LogP contribution in [0.1, 0.15) is 42.5 Å². The van der Waals surface area contributed by atoms with E-state index >= 15 is 0 Å². The average Bonchev–Trinajstić information content (AvgIpc) is 3.32. The number of benzene rings is 1. The molecule has 8 nitrogen and oxygen atoms in total. The molecule has 0 radical (unpaired) electrons. The Balaban J connectivity index is 1.25. The number of amides is 1. The molecule has 4 heterocycles. The number of imidazole rings is 1. The number of hydrogen-bond acceptors (Lipinski definition) is 5. The predicted octanol–water partition coefficient (Wildman–Crippen LogP) is 2.19. The molecule has 29 heavy (non-hydrogen) atoms. The number of para-hydroxylation sites is 2. The minimum Gasteiger partial charge on any atom is -0.445 e. The van der Waals surface area contributed by atoms with Gasteiger partial charge in [0.15, 0.2) is 5.89 Å². The first-order valence-electron chi connectivity index (χ1n) is 10.2. The number of aryl methyl sites for hydroxylation is 1. The standard InChI is InChI=1S/C21H24N4O4/c26-19(6-10-25-17-4-2-1-3-15(17)23-21(25)27)24-9-5-18-16(13-24)22-20(29-18)14-7-11-28-12-8-14/h1-4,14H,5-13H2,(H,23,27). The molecule has 1 saturated heterocycles. The number of oxazole rings is 1. The van der Waals surface area contributed by atoms with Crippen molar-refractivity contribution < 1.29 is 13.9 Å². The van der Waals surface area contributed by atoms with Gasteiger partial charge in [0.05, 0.1) is 17.6 Å². The molecule has 2 aromatic heterocycles. The van der Waals surface area contributed by atoms with Crippen LogP contribution in [0.15, 0.2) is 33.5 Å². The quantitative estimate of drug-likeness (QED) is 0.730. The summed E-state index contributed by atoms with van der Waals surface area (Å²) in [5.41, 5.74) is 2.30. The van der Waals surface area contributed by atoms with E-state index in [1.807, 2.05) is 29.2 Å². The number of nitrogens with one attached hydrogen (secondary N) is 1. The van der Waals surface area contributed by atoms with Gasteiger partial charge >= 0.3 is 5.69 Å². The Labute approximate surface area is 167 Å². The zero-order valence-electron chi connectivity index (χ0n) is 16.2. The minimum atomic E-state index is -0.183. The highest BCUT2D eigenvalue weighted by Crippen LogP contribution is 2.30. The molecule has 152 valence electrons. The SMILES string of the molecule is O=C(CCn1c(=O)[nH]c2ccccc21)N1CCc2oc(C3CCOCC3)nc2C1. The van der Waals surface area contributed by atoms with Crippen molar-refractivity contribution in [3.8, 4) is 0 Å². The monoisotopic (exact) mass is 396 g/mol. The van der Waals surface area contributed by atoms with Crippen molar-refractivity contribution in [3.63, 3.8) is 0 Å². The molecule has 3 aromatic rings. The summed E-state index contributed by atoms with van der Waals surface area (Å²) in [5.74, 6) is 2.04. The minimum absolute atomic E-state index is 0.0310. The number of H-pyrrole nitrogens is 1. The van der Waals surface area contributed by atoms with Crippen LogP contribution in [0.2, 0.25) is 0 Å². The third kappa shape index (κ3) is 3.48. The van der Waals surface area contributed by atoms with Crippen molar-refractivity contribution in [2.45, 2.75) is 44.7 Å². The largest absolute Gasteiger partial charge is 0.445 e. The molecule has 0 unspecified atom stereocenters. The van der Waals surface area contributed by atoms with Gasteiger partial charge in [0.1, 0.15) is 11.5 Å². The maximum Gasteiger partial charge on any atom is 0.326 e. The predicted molar refractivity (Wildman–Crippen MR) is 106 cm³/mol. The van der Waals surface area contributed by atoms with Gasteiger partial charge in [0.2, 0.25) is 5.91 Å². The maximum atomic E-state index is 12.8. The number of carbonyl (C=O) groups is 1. The van der Waals surface area contributed by atoms with Gasteiger partial charge in [-0.3, -0.25) is 9.36 Å². The molecule has 1 amide bonds. The number of nitrogens with zero attached hydrogens (tertiary/aromatic N) is 3. The first-order valence-corrected chi connectivity index (χ1v) is 10.2. The van der Waals surface area contributed by atoms with Crippen molar-refractivity contribution in [1.29, 1.82) is 0 Å². The van der Waals surface area contributed by atoms with Gasteiger partial charge in [-0.05, 0) is 25.0 Å². The average molecular weight is 396 g/mol. The molecular formula is C21H24N4O4. The number of carbonyl (C=O) groups excluding carboxylic acids is 1. The van der Waals surface area contributed by atoms with Crippen molar-refractivity contribution in [2.24, 2.45) is 0 Å². The summed E-state index contributed by atoms with van der Waals surface area (Å²) in [6.07, 6.45) is 2.83. The summed E-state index contributed by atoms with van der Waals surface area (Å²) in [7, 11) is 0. The lowest BCUT2D eigenvalue weighted by Crippen LogP contribution is -2.36.